The zero-order valence-electron chi connectivity index (χ0n) is 19.0. The van der Waals surface area contributed by atoms with Gasteiger partial charge in [0.2, 0.25) is 0 Å². The fourth-order valence-electron chi connectivity index (χ4n) is 4.34. The van der Waals surface area contributed by atoms with Crippen molar-refractivity contribution in [2.45, 2.75) is 64.2 Å². The second-order valence-corrected chi connectivity index (χ2v) is 8.57. The second kappa shape index (κ2) is 11.3. The molecule has 0 radical (unpaired) electrons. The minimum Gasteiger partial charge on any atom is -0.493 e. The molecule has 0 saturated heterocycles. The average molecular weight is 399 g/mol. The number of nitriles is 1. The van der Waals surface area contributed by atoms with Gasteiger partial charge in [0.1, 0.15) is 0 Å². The zero-order chi connectivity index (χ0) is 21.3. The van der Waals surface area contributed by atoms with Crippen LogP contribution in [0.3, 0.4) is 0 Å². The van der Waals surface area contributed by atoms with E-state index in [1.165, 1.54) is 32.1 Å². The number of benzene rings is 1. The molecule has 4 nitrogen and oxygen atoms in total. The summed E-state index contributed by atoms with van der Waals surface area (Å²) in [5.41, 5.74) is 2.12. The number of hydrogen-bond acceptors (Lipinski definition) is 4. The minimum absolute atomic E-state index is 0.211. The number of ether oxygens (including phenoxy) is 2. The van der Waals surface area contributed by atoms with Crippen LogP contribution >= 0.6 is 0 Å². The molecule has 160 valence electrons. The Morgan fingerprint density at radius 3 is 2.48 bits per heavy atom. The first-order chi connectivity index (χ1) is 14.0. The van der Waals surface area contributed by atoms with Gasteiger partial charge in [0.05, 0.1) is 25.7 Å². The van der Waals surface area contributed by atoms with Gasteiger partial charge in [-0.15, -0.1) is 0 Å². The van der Waals surface area contributed by atoms with Crippen molar-refractivity contribution in [3.63, 3.8) is 0 Å². The molecule has 0 aromatic heterocycles. The van der Waals surface area contributed by atoms with Crippen LogP contribution in [0.5, 0.6) is 11.5 Å². The molecule has 4 heteroatoms. The van der Waals surface area contributed by atoms with Crippen molar-refractivity contribution in [3.05, 3.63) is 35.4 Å². The van der Waals surface area contributed by atoms with Crippen LogP contribution in [-0.2, 0) is 5.41 Å². The van der Waals surface area contributed by atoms with E-state index in [4.69, 9.17) is 9.47 Å². The highest BCUT2D eigenvalue weighted by Crippen LogP contribution is 2.40. The predicted molar refractivity (Wildman–Crippen MR) is 120 cm³/mol. The SMILES string of the molecule is COc1ccc(C(C#N)(CCCN(C)CCC2=CCCCC2)C(C)C)cc1OC. The Balaban J connectivity index is 2.01. The summed E-state index contributed by atoms with van der Waals surface area (Å²) in [5.74, 6) is 1.59. The Hall–Kier alpha value is -1.99. The van der Waals surface area contributed by atoms with Crippen molar-refractivity contribution < 1.29 is 9.47 Å². The maximum atomic E-state index is 10.2. The summed E-state index contributed by atoms with van der Waals surface area (Å²) in [4.78, 5) is 2.41. The molecule has 0 aliphatic heterocycles. The third-order valence-corrected chi connectivity index (χ3v) is 6.39. The van der Waals surface area contributed by atoms with Gasteiger partial charge in [0.15, 0.2) is 11.5 Å². The summed E-state index contributed by atoms with van der Waals surface area (Å²) in [5, 5.41) is 10.2. The normalized spacial score (nSPS) is 16.3. The lowest BCUT2D eigenvalue weighted by Crippen LogP contribution is -2.32. The van der Waals surface area contributed by atoms with E-state index in [9.17, 15) is 5.26 Å². The highest BCUT2D eigenvalue weighted by molar-refractivity contribution is 5.47. The Bertz CT molecular complexity index is 720. The van der Waals surface area contributed by atoms with Crippen LogP contribution in [0.25, 0.3) is 0 Å². The number of allylic oxidation sites excluding steroid dienone is 1. The van der Waals surface area contributed by atoms with Crippen molar-refractivity contribution in [1.29, 1.82) is 5.26 Å². The standard InChI is InChI=1S/C25H38N2O2/c1-20(2)25(19-26,22-12-13-23(28-4)24(18-22)29-5)15-9-16-27(3)17-14-21-10-7-6-8-11-21/h10,12-13,18,20H,6-9,11,14-17H2,1-5H3. The molecule has 1 unspecified atom stereocenters. The Morgan fingerprint density at radius 1 is 1.14 bits per heavy atom. The smallest absolute Gasteiger partial charge is 0.161 e. The molecule has 1 aromatic rings. The highest BCUT2D eigenvalue weighted by Gasteiger charge is 2.36. The number of nitrogens with zero attached hydrogens (tertiary/aromatic N) is 2. The largest absolute Gasteiger partial charge is 0.493 e. The summed E-state index contributed by atoms with van der Waals surface area (Å²) >= 11 is 0. The second-order valence-electron chi connectivity index (χ2n) is 8.57. The Morgan fingerprint density at radius 2 is 1.90 bits per heavy atom. The first-order valence-corrected chi connectivity index (χ1v) is 11.0. The van der Waals surface area contributed by atoms with Gasteiger partial charge in [0, 0.05) is 6.54 Å². The molecule has 1 atom stereocenters. The molecule has 1 aliphatic carbocycles. The molecule has 0 heterocycles. The number of methoxy groups -OCH3 is 2. The van der Waals surface area contributed by atoms with E-state index in [0.717, 1.165) is 31.5 Å². The highest BCUT2D eigenvalue weighted by atomic mass is 16.5. The van der Waals surface area contributed by atoms with Gasteiger partial charge in [-0.25, -0.2) is 0 Å². The quantitative estimate of drug-likeness (QED) is 0.447. The van der Waals surface area contributed by atoms with Crippen molar-refractivity contribution in [2.24, 2.45) is 5.92 Å². The van der Waals surface area contributed by atoms with Crippen molar-refractivity contribution >= 4 is 0 Å². The fraction of sp³-hybridized carbons (Fsp3) is 0.640. The monoisotopic (exact) mass is 398 g/mol. The van der Waals surface area contributed by atoms with Gasteiger partial charge in [-0.3, -0.25) is 0 Å². The first kappa shape index (κ1) is 23.3. The molecule has 0 spiro atoms. The molecule has 2 rings (SSSR count). The lowest BCUT2D eigenvalue weighted by molar-refractivity contribution is 0.291. The molecule has 0 fully saturated rings. The van der Waals surface area contributed by atoms with E-state index >= 15 is 0 Å². The number of hydrogen-bond donors (Lipinski definition) is 0. The predicted octanol–water partition coefficient (Wildman–Crippen LogP) is 5.72. The molecular weight excluding hydrogens is 360 g/mol. The van der Waals surface area contributed by atoms with Gasteiger partial charge >= 0.3 is 0 Å². The Labute approximate surface area is 177 Å². The summed E-state index contributed by atoms with van der Waals surface area (Å²) < 4.78 is 10.8. The van der Waals surface area contributed by atoms with Crippen LogP contribution in [0.2, 0.25) is 0 Å². The Kier molecular flexibility index (Phi) is 9.04. The molecule has 0 N–H and O–H groups in total. The van der Waals surface area contributed by atoms with Crippen LogP contribution < -0.4 is 9.47 Å². The van der Waals surface area contributed by atoms with Crippen molar-refractivity contribution in [1.82, 2.24) is 4.90 Å². The zero-order valence-corrected chi connectivity index (χ0v) is 19.0. The molecule has 0 amide bonds. The van der Waals surface area contributed by atoms with Crippen LogP contribution in [0.1, 0.15) is 64.4 Å². The molecule has 1 aromatic carbocycles. The van der Waals surface area contributed by atoms with Crippen LogP contribution in [0.15, 0.2) is 29.8 Å². The maximum Gasteiger partial charge on any atom is 0.161 e. The van der Waals surface area contributed by atoms with Crippen LogP contribution in [0.4, 0.5) is 0 Å². The molecule has 29 heavy (non-hydrogen) atoms. The fourth-order valence-corrected chi connectivity index (χ4v) is 4.34. The van der Waals surface area contributed by atoms with Crippen molar-refractivity contribution in [2.75, 3.05) is 34.4 Å². The van der Waals surface area contributed by atoms with Crippen LogP contribution in [0, 0.1) is 17.2 Å². The molecule has 0 bridgehead atoms. The average Bonchev–Trinajstić information content (AvgIpc) is 2.75. The molecule has 0 saturated carbocycles. The van der Waals surface area contributed by atoms with Gasteiger partial charge in [-0.05, 0) is 82.2 Å². The lowest BCUT2D eigenvalue weighted by Gasteiger charge is -2.32. The van der Waals surface area contributed by atoms with E-state index in [0.29, 0.717) is 11.5 Å². The van der Waals surface area contributed by atoms with E-state index in [1.54, 1.807) is 19.8 Å². The summed E-state index contributed by atoms with van der Waals surface area (Å²) in [6.07, 6.45) is 10.7. The summed E-state index contributed by atoms with van der Waals surface area (Å²) in [6.45, 7) is 6.39. The molecular formula is C25H38N2O2. The third-order valence-electron chi connectivity index (χ3n) is 6.39. The van der Waals surface area contributed by atoms with Crippen LogP contribution in [-0.4, -0.2) is 39.3 Å². The van der Waals surface area contributed by atoms with Gasteiger partial charge in [-0.1, -0.05) is 31.6 Å². The van der Waals surface area contributed by atoms with E-state index < -0.39 is 5.41 Å². The maximum absolute atomic E-state index is 10.2. The van der Waals surface area contributed by atoms with Gasteiger partial charge in [0.25, 0.3) is 0 Å². The van der Waals surface area contributed by atoms with Crippen molar-refractivity contribution in [3.8, 4) is 17.6 Å². The topological polar surface area (TPSA) is 45.5 Å². The van der Waals surface area contributed by atoms with Gasteiger partial charge in [-0.2, -0.15) is 5.26 Å². The van der Waals surface area contributed by atoms with E-state index in [-0.39, 0.29) is 5.92 Å². The van der Waals surface area contributed by atoms with Gasteiger partial charge < -0.3 is 14.4 Å². The number of rotatable bonds is 11. The van der Waals surface area contributed by atoms with E-state index in [1.807, 2.05) is 18.2 Å². The molecule has 1 aliphatic rings. The third kappa shape index (κ3) is 6.00. The minimum atomic E-state index is -0.522. The summed E-state index contributed by atoms with van der Waals surface area (Å²) in [7, 11) is 5.47. The van der Waals surface area contributed by atoms with E-state index in [2.05, 4.69) is 37.9 Å². The lowest BCUT2D eigenvalue weighted by atomic mass is 9.69. The summed E-state index contributed by atoms with van der Waals surface area (Å²) in [6, 6.07) is 8.55. The first-order valence-electron chi connectivity index (χ1n) is 11.0.